The Morgan fingerprint density at radius 1 is 1.16 bits per heavy atom. The lowest BCUT2D eigenvalue weighted by atomic mass is 9.53. The largest absolute Gasteiger partial charge is 0.347 e. The average molecular weight is 338 g/mol. The smallest absolute Gasteiger partial charge is 0.252 e. The van der Waals surface area contributed by atoms with E-state index in [2.05, 4.69) is 15.4 Å². The predicted molar refractivity (Wildman–Crippen MR) is 96.4 cm³/mol. The van der Waals surface area contributed by atoms with Gasteiger partial charge in [0.2, 0.25) is 0 Å². The molecule has 6 rings (SSSR count). The molecular formula is C20H26N4O. The van der Waals surface area contributed by atoms with Crippen molar-refractivity contribution in [3.63, 3.8) is 0 Å². The van der Waals surface area contributed by atoms with Gasteiger partial charge in [-0.25, -0.2) is 4.98 Å². The normalized spacial score (nSPS) is 33.2. The standard InChI is InChI=1S/C20H26N4O/c1-11-4-16(17-12(2)23-24(3)18(17)21-11)19(25)22-20-8-13-5-14(9-20)7-15(6-13)10-20/h4,13-15H,5-10H2,1-3H3,(H,22,25). The number of carbonyl (C=O) groups is 1. The van der Waals surface area contributed by atoms with Gasteiger partial charge in [0.25, 0.3) is 5.91 Å². The summed E-state index contributed by atoms with van der Waals surface area (Å²) in [6.45, 7) is 3.91. The van der Waals surface area contributed by atoms with Crippen LogP contribution in [0, 0.1) is 31.6 Å². The van der Waals surface area contributed by atoms with E-state index in [0.717, 1.165) is 45.7 Å². The average Bonchev–Trinajstić information content (AvgIpc) is 2.79. The second-order valence-corrected chi connectivity index (χ2v) is 8.87. The maximum absolute atomic E-state index is 13.3. The molecule has 4 aliphatic carbocycles. The summed E-state index contributed by atoms with van der Waals surface area (Å²) in [6.07, 6.45) is 7.66. The molecule has 4 fully saturated rings. The van der Waals surface area contributed by atoms with Crippen LogP contribution >= 0.6 is 0 Å². The first-order chi connectivity index (χ1) is 11.9. The number of hydrogen-bond donors (Lipinski definition) is 1. The minimum atomic E-state index is 0.0332. The van der Waals surface area contributed by atoms with Crippen LogP contribution in [0.1, 0.15) is 60.3 Å². The first-order valence-corrected chi connectivity index (χ1v) is 9.56. The Hall–Kier alpha value is -1.91. The number of fused-ring (bicyclic) bond motifs is 1. The Kier molecular flexibility index (Phi) is 3.10. The first-order valence-electron chi connectivity index (χ1n) is 9.56. The molecule has 0 aliphatic heterocycles. The summed E-state index contributed by atoms with van der Waals surface area (Å²) in [5.74, 6) is 2.54. The molecule has 0 radical (unpaired) electrons. The van der Waals surface area contributed by atoms with Crippen LogP contribution < -0.4 is 5.32 Å². The van der Waals surface area contributed by atoms with Crippen LogP contribution in [0.4, 0.5) is 0 Å². The van der Waals surface area contributed by atoms with Gasteiger partial charge in [-0.1, -0.05) is 0 Å². The molecule has 4 aliphatic rings. The van der Waals surface area contributed by atoms with E-state index in [4.69, 9.17) is 0 Å². The maximum atomic E-state index is 13.3. The van der Waals surface area contributed by atoms with E-state index in [1.807, 2.05) is 27.0 Å². The third-order valence-electron chi connectivity index (χ3n) is 6.76. The Labute approximate surface area is 148 Å². The Morgan fingerprint density at radius 3 is 2.36 bits per heavy atom. The van der Waals surface area contributed by atoms with Crippen molar-refractivity contribution in [1.82, 2.24) is 20.1 Å². The molecule has 0 aromatic carbocycles. The minimum Gasteiger partial charge on any atom is -0.347 e. The lowest BCUT2D eigenvalue weighted by Crippen LogP contribution is -2.59. The Balaban J connectivity index is 1.52. The number of amides is 1. The topological polar surface area (TPSA) is 59.8 Å². The molecular weight excluding hydrogens is 312 g/mol. The number of pyridine rings is 1. The fraction of sp³-hybridized carbons (Fsp3) is 0.650. The number of carbonyl (C=O) groups excluding carboxylic acids is 1. The summed E-state index contributed by atoms with van der Waals surface area (Å²) in [6, 6.07) is 1.92. The molecule has 1 N–H and O–H groups in total. The van der Waals surface area contributed by atoms with Gasteiger partial charge in [-0.3, -0.25) is 9.48 Å². The Bertz CT molecular complexity index is 846. The van der Waals surface area contributed by atoms with Crippen molar-refractivity contribution in [2.75, 3.05) is 0 Å². The highest BCUT2D eigenvalue weighted by atomic mass is 16.1. The summed E-state index contributed by atoms with van der Waals surface area (Å²) in [7, 11) is 1.89. The van der Waals surface area contributed by atoms with Gasteiger partial charge >= 0.3 is 0 Å². The molecule has 0 spiro atoms. The summed E-state index contributed by atoms with van der Waals surface area (Å²) in [5.41, 5.74) is 3.31. The number of hydrogen-bond acceptors (Lipinski definition) is 3. The van der Waals surface area contributed by atoms with Crippen molar-refractivity contribution < 1.29 is 4.79 Å². The Morgan fingerprint density at radius 2 is 1.76 bits per heavy atom. The molecule has 0 atom stereocenters. The summed E-state index contributed by atoms with van der Waals surface area (Å²) >= 11 is 0. The van der Waals surface area contributed by atoms with Gasteiger partial charge in [0.15, 0.2) is 5.65 Å². The van der Waals surface area contributed by atoms with Crippen molar-refractivity contribution in [2.45, 2.75) is 57.9 Å². The molecule has 4 saturated carbocycles. The molecule has 132 valence electrons. The minimum absolute atomic E-state index is 0.0332. The summed E-state index contributed by atoms with van der Waals surface area (Å²) in [5, 5.41) is 8.87. The molecule has 25 heavy (non-hydrogen) atoms. The summed E-state index contributed by atoms with van der Waals surface area (Å²) < 4.78 is 1.78. The lowest BCUT2D eigenvalue weighted by molar-refractivity contribution is -0.0166. The van der Waals surface area contributed by atoms with E-state index >= 15 is 0 Å². The van der Waals surface area contributed by atoms with Crippen molar-refractivity contribution in [3.05, 3.63) is 23.0 Å². The number of aromatic nitrogens is 3. The maximum Gasteiger partial charge on any atom is 0.252 e. The zero-order valence-corrected chi connectivity index (χ0v) is 15.3. The van der Waals surface area contributed by atoms with Gasteiger partial charge in [-0.2, -0.15) is 5.10 Å². The number of aryl methyl sites for hydroxylation is 3. The van der Waals surface area contributed by atoms with Gasteiger partial charge in [0.1, 0.15) is 0 Å². The molecule has 2 aromatic rings. The van der Waals surface area contributed by atoms with Crippen LogP contribution in [0.3, 0.4) is 0 Å². The van der Waals surface area contributed by atoms with E-state index in [0.29, 0.717) is 0 Å². The molecule has 2 heterocycles. The monoisotopic (exact) mass is 338 g/mol. The third kappa shape index (κ3) is 2.31. The molecule has 0 unspecified atom stereocenters. The van der Waals surface area contributed by atoms with E-state index in [-0.39, 0.29) is 11.4 Å². The van der Waals surface area contributed by atoms with Crippen LogP contribution in [0.2, 0.25) is 0 Å². The third-order valence-corrected chi connectivity index (χ3v) is 6.76. The van der Waals surface area contributed by atoms with Crippen molar-refractivity contribution in [3.8, 4) is 0 Å². The van der Waals surface area contributed by atoms with E-state index in [1.165, 1.54) is 38.5 Å². The molecule has 2 aromatic heterocycles. The number of rotatable bonds is 2. The van der Waals surface area contributed by atoms with Crippen molar-refractivity contribution in [2.24, 2.45) is 24.8 Å². The second kappa shape index (κ2) is 5.05. The predicted octanol–water partition coefficient (Wildman–Crippen LogP) is 3.28. The van der Waals surface area contributed by atoms with Crippen LogP contribution in [0.15, 0.2) is 6.07 Å². The van der Waals surface area contributed by atoms with Crippen molar-refractivity contribution >= 4 is 16.9 Å². The number of nitrogens with zero attached hydrogens (tertiary/aromatic N) is 3. The second-order valence-electron chi connectivity index (χ2n) is 8.87. The highest BCUT2D eigenvalue weighted by Crippen LogP contribution is 2.55. The lowest BCUT2D eigenvalue weighted by Gasteiger charge is -2.56. The number of nitrogens with one attached hydrogen (secondary N) is 1. The van der Waals surface area contributed by atoms with Crippen LogP contribution in [-0.2, 0) is 7.05 Å². The molecule has 5 heteroatoms. The van der Waals surface area contributed by atoms with E-state index < -0.39 is 0 Å². The van der Waals surface area contributed by atoms with Crippen LogP contribution in [0.5, 0.6) is 0 Å². The van der Waals surface area contributed by atoms with Crippen LogP contribution in [0.25, 0.3) is 11.0 Å². The fourth-order valence-corrected chi connectivity index (χ4v) is 6.32. The van der Waals surface area contributed by atoms with Gasteiger partial charge in [-0.05, 0) is 76.2 Å². The van der Waals surface area contributed by atoms with Crippen LogP contribution in [-0.4, -0.2) is 26.2 Å². The SMILES string of the molecule is Cc1cc(C(=O)NC23CC4CC(CC(C4)C2)C3)c2c(C)nn(C)c2n1. The zero-order valence-electron chi connectivity index (χ0n) is 15.3. The zero-order chi connectivity index (χ0) is 17.3. The highest BCUT2D eigenvalue weighted by Gasteiger charge is 2.51. The fourth-order valence-electron chi connectivity index (χ4n) is 6.32. The molecule has 5 nitrogen and oxygen atoms in total. The molecule has 4 bridgehead atoms. The van der Waals surface area contributed by atoms with Gasteiger partial charge in [-0.15, -0.1) is 0 Å². The van der Waals surface area contributed by atoms with E-state index in [1.54, 1.807) is 4.68 Å². The van der Waals surface area contributed by atoms with Gasteiger partial charge < -0.3 is 5.32 Å². The molecule has 0 saturated heterocycles. The van der Waals surface area contributed by atoms with Gasteiger partial charge in [0.05, 0.1) is 16.6 Å². The van der Waals surface area contributed by atoms with Gasteiger partial charge in [0, 0.05) is 18.3 Å². The van der Waals surface area contributed by atoms with Crippen molar-refractivity contribution in [1.29, 1.82) is 0 Å². The first kappa shape index (κ1) is 15.4. The van der Waals surface area contributed by atoms with E-state index in [9.17, 15) is 4.79 Å². The summed E-state index contributed by atoms with van der Waals surface area (Å²) in [4.78, 5) is 17.9. The highest BCUT2D eigenvalue weighted by molar-refractivity contribution is 6.06. The molecule has 1 amide bonds. The quantitative estimate of drug-likeness (QED) is 0.914.